The first-order chi connectivity index (χ1) is 12.1. The number of aliphatic imine (C=N–C) groups is 1. The van der Waals surface area contributed by atoms with E-state index in [1.807, 2.05) is 0 Å². The number of morpholine rings is 1. The number of ether oxygens (including phenoxy) is 2. The highest BCUT2D eigenvalue weighted by atomic mass is 127. The number of nitrogens with one attached hydrogen (secondary N) is 2. The summed E-state index contributed by atoms with van der Waals surface area (Å²) in [4.78, 5) is 7.31. The van der Waals surface area contributed by atoms with Crippen molar-refractivity contribution in [2.75, 3.05) is 45.9 Å². The van der Waals surface area contributed by atoms with Crippen LogP contribution < -0.4 is 10.6 Å². The molecule has 0 saturated carbocycles. The van der Waals surface area contributed by atoms with E-state index < -0.39 is 0 Å². The summed E-state index contributed by atoms with van der Waals surface area (Å²) < 4.78 is 11.8. The van der Waals surface area contributed by atoms with E-state index in [0.29, 0.717) is 18.1 Å². The SMILES string of the molecule is CCNC(=NCC1CN2CCCC2CO1)NCCC(OCC)C(C)C.I. The average molecular weight is 482 g/mol. The third-order valence-electron chi connectivity index (χ3n) is 5.10. The van der Waals surface area contributed by atoms with E-state index in [-0.39, 0.29) is 30.1 Å². The molecule has 0 amide bonds. The summed E-state index contributed by atoms with van der Waals surface area (Å²) in [5.41, 5.74) is 0. The Balaban J connectivity index is 0.00000338. The van der Waals surface area contributed by atoms with E-state index in [1.54, 1.807) is 0 Å². The van der Waals surface area contributed by atoms with Gasteiger partial charge in [0, 0.05) is 32.3 Å². The molecule has 0 aromatic heterocycles. The van der Waals surface area contributed by atoms with Crippen molar-refractivity contribution in [3.05, 3.63) is 0 Å². The predicted molar refractivity (Wildman–Crippen MR) is 119 cm³/mol. The van der Waals surface area contributed by atoms with Gasteiger partial charge in [-0.2, -0.15) is 0 Å². The Kier molecular flexibility index (Phi) is 12.1. The summed E-state index contributed by atoms with van der Waals surface area (Å²) in [5, 5.41) is 6.77. The fourth-order valence-corrected chi connectivity index (χ4v) is 3.69. The van der Waals surface area contributed by atoms with Crippen molar-refractivity contribution in [1.82, 2.24) is 15.5 Å². The van der Waals surface area contributed by atoms with E-state index in [9.17, 15) is 0 Å². The van der Waals surface area contributed by atoms with Crippen LogP contribution >= 0.6 is 24.0 Å². The molecule has 0 aromatic rings. The van der Waals surface area contributed by atoms with Gasteiger partial charge in [0.15, 0.2) is 5.96 Å². The molecule has 0 aromatic carbocycles. The van der Waals surface area contributed by atoms with Gasteiger partial charge in [-0.05, 0) is 45.6 Å². The van der Waals surface area contributed by atoms with Crippen molar-refractivity contribution in [1.29, 1.82) is 0 Å². The Morgan fingerprint density at radius 2 is 2.12 bits per heavy atom. The third kappa shape index (κ3) is 7.86. The van der Waals surface area contributed by atoms with Crippen LogP contribution in [0.4, 0.5) is 0 Å². The Morgan fingerprint density at radius 3 is 2.81 bits per heavy atom. The summed E-state index contributed by atoms with van der Waals surface area (Å²) in [7, 11) is 0. The third-order valence-corrected chi connectivity index (χ3v) is 5.10. The molecule has 0 spiro atoms. The first kappa shape index (κ1) is 23.9. The lowest BCUT2D eigenvalue weighted by Crippen LogP contribution is -2.47. The van der Waals surface area contributed by atoms with E-state index in [1.165, 1.54) is 19.4 Å². The van der Waals surface area contributed by atoms with Crippen LogP contribution in [-0.2, 0) is 9.47 Å². The van der Waals surface area contributed by atoms with Crippen LogP contribution in [0.5, 0.6) is 0 Å². The largest absolute Gasteiger partial charge is 0.378 e. The van der Waals surface area contributed by atoms with E-state index >= 15 is 0 Å². The minimum Gasteiger partial charge on any atom is -0.378 e. The summed E-state index contributed by atoms with van der Waals surface area (Å²) in [6.07, 6.45) is 4.11. The van der Waals surface area contributed by atoms with Crippen LogP contribution in [0, 0.1) is 5.92 Å². The van der Waals surface area contributed by atoms with Crippen LogP contribution in [0.25, 0.3) is 0 Å². The first-order valence-corrected chi connectivity index (χ1v) is 10.1. The molecule has 3 unspecified atom stereocenters. The number of hydrogen-bond acceptors (Lipinski definition) is 4. The van der Waals surface area contributed by atoms with Crippen molar-refractivity contribution < 1.29 is 9.47 Å². The minimum atomic E-state index is 0. The summed E-state index contributed by atoms with van der Waals surface area (Å²) in [6, 6.07) is 0.651. The van der Waals surface area contributed by atoms with Gasteiger partial charge in [-0.25, -0.2) is 0 Å². The van der Waals surface area contributed by atoms with Crippen molar-refractivity contribution in [2.24, 2.45) is 10.9 Å². The molecule has 2 aliphatic heterocycles. The first-order valence-electron chi connectivity index (χ1n) is 10.1. The maximum Gasteiger partial charge on any atom is 0.191 e. The maximum absolute atomic E-state index is 6.00. The minimum absolute atomic E-state index is 0. The molecule has 2 saturated heterocycles. The van der Waals surface area contributed by atoms with Gasteiger partial charge < -0.3 is 20.1 Å². The van der Waals surface area contributed by atoms with E-state index in [2.05, 4.69) is 43.2 Å². The van der Waals surface area contributed by atoms with Gasteiger partial charge in [-0.15, -0.1) is 24.0 Å². The van der Waals surface area contributed by atoms with E-state index in [4.69, 9.17) is 14.5 Å². The molecule has 2 heterocycles. The lowest BCUT2D eigenvalue weighted by Gasteiger charge is -2.34. The topological polar surface area (TPSA) is 58.1 Å². The quantitative estimate of drug-likeness (QED) is 0.301. The van der Waals surface area contributed by atoms with Gasteiger partial charge in [0.05, 0.1) is 25.4 Å². The number of guanidine groups is 1. The molecule has 0 aliphatic carbocycles. The van der Waals surface area contributed by atoms with E-state index in [0.717, 1.165) is 51.8 Å². The van der Waals surface area contributed by atoms with Gasteiger partial charge in [0.1, 0.15) is 0 Å². The Labute approximate surface area is 176 Å². The van der Waals surface area contributed by atoms with Crippen LogP contribution in [0.3, 0.4) is 0 Å². The van der Waals surface area contributed by atoms with Crippen LogP contribution in [0.1, 0.15) is 47.0 Å². The van der Waals surface area contributed by atoms with Gasteiger partial charge in [0.25, 0.3) is 0 Å². The Morgan fingerprint density at radius 1 is 1.31 bits per heavy atom. The van der Waals surface area contributed by atoms with Crippen molar-refractivity contribution in [3.8, 4) is 0 Å². The highest BCUT2D eigenvalue weighted by Crippen LogP contribution is 2.22. The molecular weight excluding hydrogens is 443 g/mol. The number of hydrogen-bond donors (Lipinski definition) is 2. The lowest BCUT2D eigenvalue weighted by atomic mass is 10.0. The monoisotopic (exact) mass is 482 g/mol. The second-order valence-electron chi connectivity index (χ2n) is 7.42. The van der Waals surface area contributed by atoms with Crippen molar-refractivity contribution in [3.63, 3.8) is 0 Å². The standard InChI is InChI=1S/C19H38N4O2.HI/c1-5-20-19(21-10-9-18(15(3)4)24-6-2)22-12-17-13-23-11-7-8-16(23)14-25-17;/h15-18H,5-14H2,1-4H3,(H2,20,21,22);1H. The fourth-order valence-electron chi connectivity index (χ4n) is 3.69. The zero-order valence-corrected chi connectivity index (χ0v) is 19.3. The lowest BCUT2D eigenvalue weighted by molar-refractivity contribution is -0.0432. The van der Waals surface area contributed by atoms with Crippen LogP contribution in [0.15, 0.2) is 4.99 Å². The zero-order chi connectivity index (χ0) is 18.1. The highest BCUT2D eigenvalue weighted by molar-refractivity contribution is 14.0. The fraction of sp³-hybridized carbons (Fsp3) is 0.947. The molecule has 3 atom stereocenters. The van der Waals surface area contributed by atoms with Gasteiger partial charge in [0.2, 0.25) is 0 Å². The zero-order valence-electron chi connectivity index (χ0n) is 17.0. The highest BCUT2D eigenvalue weighted by Gasteiger charge is 2.31. The number of fused-ring (bicyclic) bond motifs is 1. The Hall–Kier alpha value is -0.120. The summed E-state index contributed by atoms with van der Waals surface area (Å²) in [5.74, 6) is 1.42. The van der Waals surface area contributed by atoms with Crippen LogP contribution in [0.2, 0.25) is 0 Å². The molecule has 2 fully saturated rings. The Bertz CT molecular complexity index is 409. The smallest absolute Gasteiger partial charge is 0.191 e. The van der Waals surface area contributed by atoms with Crippen LogP contribution in [-0.4, -0.2) is 75.0 Å². The molecule has 26 heavy (non-hydrogen) atoms. The summed E-state index contributed by atoms with van der Waals surface area (Å²) in [6.45, 7) is 14.9. The second kappa shape index (κ2) is 13.1. The molecule has 0 bridgehead atoms. The normalized spacial score (nSPS) is 24.9. The van der Waals surface area contributed by atoms with Crippen molar-refractivity contribution >= 4 is 29.9 Å². The van der Waals surface area contributed by atoms with Gasteiger partial charge in [-0.1, -0.05) is 13.8 Å². The molecular formula is C19H39IN4O2. The average Bonchev–Trinajstić information content (AvgIpc) is 3.06. The van der Waals surface area contributed by atoms with Gasteiger partial charge in [-0.3, -0.25) is 9.89 Å². The summed E-state index contributed by atoms with van der Waals surface area (Å²) >= 11 is 0. The molecule has 2 rings (SSSR count). The molecule has 6 nitrogen and oxygen atoms in total. The molecule has 2 aliphatic rings. The van der Waals surface area contributed by atoms with Crippen molar-refractivity contribution in [2.45, 2.75) is 65.2 Å². The molecule has 2 N–H and O–H groups in total. The number of rotatable bonds is 9. The second-order valence-corrected chi connectivity index (χ2v) is 7.42. The number of halogens is 1. The maximum atomic E-state index is 6.00. The molecule has 7 heteroatoms. The van der Waals surface area contributed by atoms with Gasteiger partial charge >= 0.3 is 0 Å². The predicted octanol–water partition coefficient (Wildman–Crippen LogP) is 2.47. The number of nitrogens with zero attached hydrogens (tertiary/aromatic N) is 2. The molecule has 0 radical (unpaired) electrons. The molecule has 154 valence electrons.